The predicted molar refractivity (Wildman–Crippen MR) is 83.3 cm³/mol. The summed E-state index contributed by atoms with van der Waals surface area (Å²) < 4.78 is 36.9. The lowest BCUT2D eigenvalue weighted by atomic mass is 9.95. The summed E-state index contributed by atoms with van der Waals surface area (Å²) in [6.45, 7) is 0. The predicted octanol–water partition coefficient (Wildman–Crippen LogP) is 2.62. The number of urea groups is 1. The Hall–Kier alpha value is -3.23. The molecule has 3 amide bonds. The molecule has 2 N–H and O–H groups in total. The Morgan fingerprint density at radius 2 is 1.80 bits per heavy atom. The SMILES string of the molecule is COC(=O)Oc1ccc(N(C(N)=O)C(=O)C2C=CC=CC2(F)F)cc1. The van der Waals surface area contributed by atoms with Gasteiger partial charge in [-0.3, -0.25) is 4.79 Å². The Balaban J connectivity index is 2.28. The monoisotopic (exact) mass is 352 g/mol. The van der Waals surface area contributed by atoms with Crippen molar-refractivity contribution in [2.45, 2.75) is 5.92 Å². The van der Waals surface area contributed by atoms with Gasteiger partial charge in [0.2, 0.25) is 5.91 Å². The fourth-order valence-electron chi connectivity index (χ4n) is 2.14. The molecule has 0 radical (unpaired) electrons. The van der Waals surface area contributed by atoms with Crippen LogP contribution in [0, 0.1) is 5.92 Å². The topological polar surface area (TPSA) is 98.9 Å². The second kappa shape index (κ2) is 7.12. The second-order valence-electron chi connectivity index (χ2n) is 4.96. The second-order valence-corrected chi connectivity index (χ2v) is 4.96. The molecule has 1 aliphatic carbocycles. The maximum atomic E-state index is 13.9. The Bertz CT molecular complexity index is 743. The van der Waals surface area contributed by atoms with Crippen LogP contribution in [0.15, 0.2) is 48.6 Å². The number of primary amides is 1. The van der Waals surface area contributed by atoms with Gasteiger partial charge in [-0.05, 0) is 30.3 Å². The van der Waals surface area contributed by atoms with Crippen molar-refractivity contribution in [1.82, 2.24) is 0 Å². The van der Waals surface area contributed by atoms with Crippen LogP contribution in [-0.2, 0) is 9.53 Å². The summed E-state index contributed by atoms with van der Waals surface area (Å²) in [7, 11) is 1.12. The summed E-state index contributed by atoms with van der Waals surface area (Å²) in [5.41, 5.74) is 5.13. The third kappa shape index (κ3) is 4.00. The van der Waals surface area contributed by atoms with Crippen LogP contribution >= 0.6 is 0 Å². The van der Waals surface area contributed by atoms with Gasteiger partial charge in [-0.15, -0.1) is 0 Å². The number of allylic oxidation sites excluding steroid dienone is 3. The molecule has 9 heteroatoms. The largest absolute Gasteiger partial charge is 0.513 e. The lowest BCUT2D eigenvalue weighted by Gasteiger charge is -2.27. The van der Waals surface area contributed by atoms with Gasteiger partial charge >= 0.3 is 12.2 Å². The number of halogens is 2. The summed E-state index contributed by atoms with van der Waals surface area (Å²) in [4.78, 5) is 35.5. The number of ether oxygens (including phenoxy) is 2. The first-order valence-corrected chi connectivity index (χ1v) is 6.99. The third-order valence-electron chi connectivity index (χ3n) is 3.32. The fourth-order valence-corrected chi connectivity index (χ4v) is 2.14. The molecular formula is C16H14F2N2O5. The van der Waals surface area contributed by atoms with E-state index < -0.39 is 29.9 Å². The van der Waals surface area contributed by atoms with Crippen molar-refractivity contribution in [1.29, 1.82) is 0 Å². The molecule has 25 heavy (non-hydrogen) atoms. The maximum Gasteiger partial charge on any atom is 0.513 e. The average molecular weight is 352 g/mol. The molecule has 7 nitrogen and oxygen atoms in total. The van der Waals surface area contributed by atoms with Crippen molar-refractivity contribution < 1.29 is 32.6 Å². The number of carbonyl (C=O) groups is 3. The van der Waals surface area contributed by atoms with Gasteiger partial charge in [-0.25, -0.2) is 23.3 Å². The molecule has 0 aliphatic heterocycles. The van der Waals surface area contributed by atoms with Crippen molar-refractivity contribution in [3.05, 3.63) is 48.6 Å². The first kappa shape index (κ1) is 18.1. The third-order valence-corrected chi connectivity index (χ3v) is 3.32. The van der Waals surface area contributed by atoms with Gasteiger partial charge in [-0.1, -0.05) is 18.2 Å². The average Bonchev–Trinajstić information content (AvgIpc) is 2.55. The zero-order valence-electron chi connectivity index (χ0n) is 13.0. The molecule has 2 rings (SSSR count). The van der Waals surface area contributed by atoms with E-state index >= 15 is 0 Å². The molecule has 132 valence electrons. The van der Waals surface area contributed by atoms with Crippen LogP contribution in [0.3, 0.4) is 0 Å². The van der Waals surface area contributed by atoms with E-state index in [-0.39, 0.29) is 11.4 Å². The van der Waals surface area contributed by atoms with E-state index in [1.165, 1.54) is 30.3 Å². The van der Waals surface area contributed by atoms with E-state index in [2.05, 4.69) is 4.74 Å². The summed E-state index contributed by atoms with van der Waals surface area (Å²) in [5, 5.41) is 0. The highest BCUT2D eigenvalue weighted by molar-refractivity contribution is 6.15. The number of nitrogens with zero attached hydrogens (tertiary/aromatic N) is 1. The minimum atomic E-state index is -3.45. The Kier molecular flexibility index (Phi) is 5.16. The van der Waals surface area contributed by atoms with Crippen molar-refractivity contribution in [2.24, 2.45) is 11.7 Å². The molecule has 0 saturated heterocycles. The number of rotatable bonds is 3. The number of hydrogen-bond donors (Lipinski definition) is 1. The molecule has 0 fully saturated rings. The van der Waals surface area contributed by atoms with E-state index in [0.29, 0.717) is 11.0 Å². The van der Waals surface area contributed by atoms with Gasteiger partial charge in [0.1, 0.15) is 11.7 Å². The molecule has 0 bridgehead atoms. The van der Waals surface area contributed by atoms with E-state index in [4.69, 9.17) is 10.5 Å². The van der Waals surface area contributed by atoms with Gasteiger partial charge in [0.05, 0.1) is 12.8 Å². The molecule has 1 aromatic carbocycles. The fraction of sp³-hybridized carbons (Fsp3) is 0.188. The van der Waals surface area contributed by atoms with Crippen molar-refractivity contribution in [2.75, 3.05) is 12.0 Å². The maximum absolute atomic E-state index is 13.9. The molecule has 1 aromatic rings. The molecule has 1 aliphatic rings. The highest BCUT2D eigenvalue weighted by Gasteiger charge is 2.44. The van der Waals surface area contributed by atoms with Crippen LogP contribution in [-0.4, -0.2) is 31.1 Å². The standard InChI is InChI=1S/C16H14F2N2O5/c1-24-15(23)25-11-7-5-10(6-8-11)20(14(19)22)13(21)12-4-2-3-9-16(12,17)18/h2-9,12H,1H3,(H2,19,22). The molecule has 1 atom stereocenters. The summed E-state index contributed by atoms with van der Waals surface area (Å²) in [6.07, 6.45) is 2.99. The minimum Gasteiger partial charge on any atom is -0.437 e. The molecule has 0 saturated carbocycles. The number of carbonyl (C=O) groups excluding carboxylic acids is 3. The first-order chi connectivity index (χ1) is 11.8. The number of imide groups is 1. The van der Waals surface area contributed by atoms with Crippen molar-refractivity contribution >= 4 is 23.8 Å². The number of nitrogens with two attached hydrogens (primary N) is 1. The van der Waals surface area contributed by atoms with Crippen LogP contribution in [0.4, 0.5) is 24.1 Å². The molecule has 0 heterocycles. The number of amides is 3. The highest BCUT2D eigenvalue weighted by atomic mass is 19.3. The number of hydrogen-bond acceptors (Lipinski definition) is 5. The van der Waals surface area contributed by atoms with Gasteiger partial charge < -0.3 is 15.2 Å². The summed E-state index contributed by atoms with van der Waals surface area (Å²) in [6, 6.07) is 3.74. The Morgan fingerprint density at radius 1 is 1.16 bits per heavy atom. The number of alkyl halides is 2. The molecule has 1 unspecified atom stereocenters. The summed E-state index contributed by atoms with van der Waals surface area (Å²) >= 11 is 0. The first-order valence-electron chi connectivity index (χ1n) is 6.99. The quantitative estimate of drug-likeness (QED) is 0.666. The van der Waals surface area contributed by atoms with E-state index in [0.717, 1.165) is 19.3 Å². The zero-order valence-corrected chi connectivity index (χ0v) is 13.0. The molecule has 0 aromatic heterocycles. The van der Waals surface area contributed by atoms with Gasteiger partial charge in [-0.2, -0.15) is 0 Å². The van der Waals surface area contributed by atoms with Crippen LogP contribution in [0.25, 0.3) is 0 Å². The van der Waals surface area contributed by atoms with Crippen molar-refractivity contribution in [3.63, 3.8) is 0 Å². The lowest BCUT2D eigenvalue weighted by molar-refractivity contribution is -0.127. The number of benzene rings is 1. The summed E-state index contributed by atoms with van der Waals surface area (Å²) in [5.74, 6) is -6.43. The molecular weight excluding hydrogens is 338 g/mol. The van der Waals surface area contributed by atoms with Gasteiger partial charge in [0, 0.05) is 0 Å². The molecule has 0 spiro atoms. The Morgan fingerprint density at radius 3 is 2.32 bits per heavy atom. The van der Waals surface area contributed by atoms with Crippen LogP contribution in [0.1, 0.15) is 0 Å². The van der Waals surface area contributed by atoms with Gasteiger partial charge in [0.25, 0.3) is 5.92 Å². The highest BCUT2D eigenvalue weighted by Crippen LogP contribution is 2.33. The van der Waals surface area contributed by atoms with E-state index in [9.17, 15) is 23.2 Å². The zero-order chi connectivity index (χ0) is 18.6. The van der Waals surface area contributed by atoms with Crippen molar-refractivity contribution in [3.8, 4) is 5.75 Å². The number of anilines is 1. The van der Waals surface area contributed by atoms with Gasteiger partial charge in [0.15, 0.2) is 0 Å². The smallest absolute Gasteiger partial charge is 0.437 e. The lowest BCUT2D eigenvalue weighted by Crippen LogP contribution is -2.48. The normalized spacial score (nSPS) is 17.6. The van der Waals surface area contributed by atoms with Crippen LogP contribution < -0.4 is 15.4 Å². The van der Waals surface area contributed by atoms with E-state index in [1.807, 2.05) is 0 Å². The van der Waals surface area contributed by atoms with Crippen LogP contribution in [0.2, 0.25) is 0 Å². The minimum absolute atomic E-state index is 0.0477. The Labute approximate surface area is 141 Å². The number of methoxy groups -OCH3 is 1. The van der Waals surface area contributed by atoms with E-state index in [1.54, 1.807) is 0 Å². The van der Waals surface area contributed by atoms with Crippen LogP contribution in [0.5, 0.6) is 5.75 Å².